The molecule has 128 heavy (non-hydrogen) atoms. The van der Waals surface area contributed by atoms with Gasteiger partial charge in [-0.25, -0.2) is 13.2 Å². The van der Waals surface area contributed by atoms with Gasteiger partial charge in [-0.2, -0.15) is 0 Å². The fourth-order valence-corrected chi connectivity index (χ4v) is 20.4. The summed E-state index contributed by atoms with van der Waals surface area (Å²) in [4.78, 5) is 0. The van der Waals surface area contributed by atoms with Gasteiger partial charge < -0.3 is 0 Å². The van der Waals surface area contributed by atoms with E-state index in [9.17, 15) is 17.6 Å². The molecule has 5 aliphatic carbocycles. The van der Waals surface area contributed by atoms with Crippen LogP contribution in [0.2, 0.25) is 0 Å². The number of aryl methyl sites for hydroxylation is 7. The summed E-state index contributed by atoms with van der Waals surface area (Å²) < 4.78 is 60.2. The molecule has 18 rings (SSSR count). The summed E-state index contributed by atoms with van der Waals surface area (Å²) >= 11 is 0.0345. The number of hydrogen-bond acceptors (Lipinski definition) is 0. The molecular weight excluding hydrogens is 1680 g/mol. The van der Waals surface area contributed by atoms with Crippen molar-refractivity contribution in [3.8, 4) is 77.9 Å². The largest absolute Gasteiger partial charge is 0.207 e. The van der Waals surface area contributed by atoms with Gasteiger partial charge in [-0.05, 0) is 281 Å². The molecule has 0 aliphatic heterocycles. The molecule has 0 amide bonds. The Labute approximate surface area is 776 Å². The Morgan fingerprint density at radius 1 is 0.281 bits per heavy atom. The van der Waals surface area contributed by atoms with Crippen molar-refractivity contribution in [3.63, 3.8) is 0 Å². The fraction of sp³-hybridized carbons (Fsp3) is 0.317. The van der Waals surface area contributed by atoms with Crippen LogP contribution in [0.3, 0.4) is 0 Å². The van der Waals surface area contributed by atoms with Crippen molar-refractivity contribution in [1.82, 2.24) is 0 Å². The van der Waals surface area contributed by atoms with Gasteiger partial charge in [0.25, 0.3) is 0 Å². The first-order valence-corrected chi connectivity index (χ1v) is 50.2. The van der Waals surface area contributed by atoms with E-state index in [2.05, 4.69) is 175 Å². The molecule has 0 aromatic heterocycles. The van der Waals surface area contributed by atoms with Crippen LogP contribution < -0.4 is 21.2 Å². The van der Waals surface area contributed by atoms with Gasteiger partial charge in [0.1, 0.15) is 17.5 Å². The van der Waals surface area contributed by atoms with Crippen molar-refractivity contribution in [3.05, 3.63) is 411 Å². The van der Waals surface area contributed by atoms with E-state index in [0.29, 0.717) is 34.1 Å². The van der Waals surface area contributed by atoms with Crippen molar-refractivity contribution in [2.45, 2.75) is 213 Å². The molecule has 0 N–H and O–H groups in total. The van der Waals surface area contributed by atoms with E-state index in [1.807, 2.05) is 183 Å². The molecule has 13 aromatic rings. The minimum atomic E-state index is -0.183. The van der Waals surface area contributed by atoms with Crippen LogP contribution in [0.5, 0.6) is 0 Å². The van der Waals surface area contributed by atoms with E-state index in [1.54, 1.807) is 36.8 Å². The molecule has 1 atom stereocenters. The zero-order valence-corrected chi connectivity index (χ0v) is 79.7. The molecule has 0 radical (unpaired) electrons. The third-order valence-corrected chi connectivity index (χ3v) is 29.8. The van der Waals surface area contributed by atoms with Crippen molar-refractivity contribution >= 4 is 5.57 Å². The Morgan fingerprint density at radius 3 is 0.914 bits per heavy atom. The number of allylic oxidation sites excluding steroid dienone is 3. The maximum atomic E-state index is 14.6. The summed E-state index contributed by atoms with van der Waals surface area (Å²) in [6.45, 7) is 29.1. The molecule has 5 heteroatoms. The molecule has 0 bridgehead atoms. The summed E-state index contributed by atoms with van der Waals surface area (Å²) in [5.74, 6) is 6.81. The van der Waals surface area contributed by atoms with Crippen molar-refractivity contribution in [1.29, 1.82) is 0 Å². The Hall–Kier alpha value is -10.5. The summed E-state index contributed by atoms with van der Waals surface area (Å²) in [5, 5.41) is 0. The standard InChI is InChI=1S/C22H19FI.C21H28.C20H23F.C20H17F.C20H23F.C20H24/c1-3-24-15-17-6-10-19(11-7-17)21-13-12-20(14-22(21)23)18-8-4-16(2)5-9-18;1-3-17-6-10-19(11-7-17)21-14-12-20(13-15-21)18-8-4-16(2)5-9-18;2*1-14-3-7-16(8-4-14)18-11-12-19(20(21)13-18)17-9-5-15(2)6-10-17;1-14-3-6-16(7-4-14)17-9-11-18(12-10-17)19-8-5-15(2)20(21)13-19;1-15-3-7-17(8-4-15)19-11-13-20(14-12-19)18-9-5-16(2)6-10-18/h3-14H,1,15H2,2H3;3-5,8-9,12,17,19,21H,1,6-7,10-11,13-15H2,2H3;5-6,9-14,16H,3-4,7-8H2,1-2H3;3-13H,1-2H3;5,8-14,16H,3-4,6-7H2,1-2H3;3-4,7-8,11-14,16,18H,5-6,9-10H2,1-2H3/q-1;;;;;. The normalized spacial score (nSPS) is 19.5. The zero-order valence-electron chi connectivity index (χ0n) is 77.6. The zero-order chi connectivity index (χ0) is 90.0. The SMILES string of the molecule is C=CC1CCC(C2CC=C(c3ccc(C)cc3)CC2)CC1.C=C[I-]Cc1ccc(-c2ccc(-c3ccc(C)cc3)cc2F)cc1.Cc1ccc(-c2ccc(-c3ccc(C)cc3)c(F)c2)cc1.Cc1ccc(-c2ccc(C3CCC(C)CC3)cc2)cc1.Cc1ccc(-c2ccc(C3CCC(C)CC3)cc2)cc1F.Cc1ccc(-c2ccc(C3CCC(C)CC3)cc2F)cc1. The molecule has 4 fully saturated rings. The molecule has 0 spiro atoms. The Bertz CT molecular complexity index is 5670. The molecule has 662 valence electrons. The molecule has 0 saturated heterocycles. The van der Waals surface area contributed by atoms with Gasteiger partial charge in [-0.15, -0.1) is 6.58 Å². The monoisotopic (exact) mass is 1810 g/mol. The summed E-state index contributed by atoms with van der Waals surface area (Å²) in [7, 11) is 0. The average molecular weight is 1820 g/mol. The van der Waals surface area contributed by atoms with Crippen LogP contribution >= 0.6 is 0 Å². The predicted molar refractivity (Wildman–Crippen MR) is 536 cm³/mol. The van der Waals surface area contributed by atoms with Crippen LogP contribution in [0.15, 0.2) is 321 Å². The maximum Gasteiger partial charge on any atom is 0.131 e. The second-order valence-electron chi connectivity index (χ2n) is 37.7. The third-order valence-electron chi connectivity index (χ3n) is 27.9. The van der Waals surface area contributed by atoms with E-state index in [4.69, 9.17) is 0 Å². The molecule has 4 saturated carbocycles. The Kier molecular flexibility index (Phi) is 35.1. The Morgan fingerprint density at radius 2 is 0.578 bits per heavy atom. The van der Waals surface area contributed by atoms with Gasteiger partial charge in [0.2, 0.25) is 0 Å². The molecule has 5 aliphatic rings. The van der Waals surface area contributed by atoms with E-state index < -0.39 is 0 Å². The quantitative estimate of drug-likeness (QED) is 0.0391. The van der Waals surface area contributed by atoms with Gasteiger partial charge in [-0.3, -0.25) is 0 Å². The minimum Gasteiger partial charge on any atom is -0.207 e. The van der Waals surface area contributed by atoms with Crippen molar-refractivity contribution < 1.29 is 38.8 Å². The van der Waals surface area contributed by atoms with Crippen LogP contribution in [-0.2, 0) is 4.43 Å². The molecule has 0 nitrogen and oxygen atoms in total. The Balaban J connectivity index is 0.000000131. The molecular formula is C123H134F4I-. The number of hydrogen-bond donors (Lipinski definition) is 0. The molecule has 13 aromatic carbocycles. The first-order chi connectivity index (χ1) is 62.0. The van der Waals surface area contributed by atoms with Gasteiger partial charge in [0.15, 0.2) is 0 Å². The van der Waals surface area contributed by atoms with Crippen LogP contribution in [-0.4, -0.2) is 0 Å². The maximum absolute atomic E-state index is 14.6. The minimum absolute atomic E-state index is 0.0345. The van der Waals surface area contributed by atoms with E-state index in [1.165, 1.54) is 194 Å². The second-order valence-corrected chi connectivity index (χ2v) is 40.2. The average Bonchev–Trinajstić information content (AvgIpc) is 0.820. The van der Waals surface area contributed by atoms with Crippen molar-refractivity contribution in [2.24, 2.45) is 35.5 Å². The topological polar surface area (TPSA) is 0 Å². The summed E-state index contributed by atoms with van der Waals surface area (Å²) in [5.41, 5.74) is 30.0. The molecule has 1 unspecified atom stereocenters. The first kappa shape index (κ1) is 95.1. The number of rotatable bonds is 16. The number of halogens is 5. The number of alkyl halides is 1. The van der Waals surface area contributed by atoms with Crippen molar-refractivity contribution in [2.75, 3.05) is 0 Å². The predicted octanol–water partition coefficient (Wildman–Crippen LogP) is 33.3. The smallest absolute Gasteiger partial charge is 0.131 e. The number of benzene rings is 13. The summed E-state index contributed by atoms with van der Waals surface area (Å²) in [6, 6.07) is 98.5. The first-order valence-electron chi connectivity index (χ1n) is 47.4. The van der Waals surface area contributed by atoms with Crippen LogP contribution in [0, 0.1) is 107 Å². The second kappa shape index (κ2) is 47.2. The van der Waals surface area contributed by atoms with Crippen LogP contribution in [0.4, 0.5) is 17.6 Å². The fourth-order valence-electron chi connectivity index (χ4n) is 19.1. The van der Waals surface area contributed by atoms with Crippen LogP contribution in [0.1, 0.15) is 227 Å². The van der Waals surface area contributed by atoms with E-state index >= 15 is 0 Å². The van der Waals surface area contributed by atoms with Gasteiger partial charge >= 0.3 is 141 Å². The summed E-state index contributed by atoms with van der Waals surface area (Å²) in [6.07, 6.45) is 30.0. The third kappa shape index (κ3) is 27.3. The molecule has 0 heterocycles. The van der Waals surface area contributed by atoms with Gasteiger partial charge in [-0.1, -0.05) is 311 Å². The van der Waals surface area contributed by atoms with Gasteiger partial charge in [0, 0.05) is 11.1 Å². The van der Waals surface area contributed by atoms with Gasteiger partial charge in [0.05, 0.1) is 0 Å². The van der Waals surface area contributed by atoms with E-state index in [0.717, 1.165) is 95.9 Å². The van der Waals surface area contributed by atoms with Crippen LogP contribution in [0.25, 0.3) is 83.5 Å². The van der Waals surface area contributed by atoms with E-state index in [-0.39, 0.29) is 44.5 Å².